The molecule has 1 aliphatic rings. The third kappa shape index (κ3) is 3.69. The average molecular weight is 389 g/mol. The number of hydrogen-bond donors (Lipinski definition) is 1. The van der Waals surface area contributed by atoms with Gasteiger partial charge in [-0.15, -0.1) is 11.6 Å². The Bertz CT molecular complexity index is 580. The molecule has 1 N–H and O–H groups in total. The monoisotopic (exact) mass is 387 g/mol. The molecule has 0 aliphatic carbocycles. The zero-order valence-corrected chi connectivity index (χ0v) is 14.0. The predicted molar refractivity (Wildman–Crippen MR) is 85.8 cm³/mol. The second kappa shape index (κ2) is 7.26. The van der Waals surface area contributed by atoms with E-state index in [4.69, 9.17) is 16.3 Å². The Labute approximate surface area is 141 Å². The number of hydrogen-bond acceptors (Lipinski definition) is 4. The van der Waals surface area contributed by atoms with Gasteiger partial charge in [0.1, 0.15) is 18.1 Å². The zero-order valence-electron chi connectivity index (χ0n) is 11.6. The molecule has 1 aromatic carbocycles. The number of aliphatic hydroxyl groups is 1. The van der Waals surface area contributed by atoms with Crippen LogP contribution in [-0.2, 0) is 16.0 Å². The van der Waals surface area contributed by atoms with E-state index in [0.717, 1.165) is 10.5 Å². The number of cyclic esters (lactones) is 1. The second-order valence-corrected chi connectivity index (χ2v) is 6.41. The molecule has 0 bridgehead atoms. The molecular formula is C15H15BrClNO4. The number of aliphatic hydroxyl groups excluding tert-OH is 1. The van der Waals surface area contributed by atoms with Crippen LogP contribution in [0.3, 0.4) is 0 Å². The summed E-state index contributed by atoms with van der Waals surface area (Å²) in [5.74, 6) is -0.696. The van der Waals surface area contributed by atoms with Gasteiger partial charge in [-0.2, -0.15) is 0 Å². The molecular weight excluding hydrogens is 374 g/mol. The number of amides is 2. The molecule has 1 fully saturated rings. The highest BCUT2D eigenvalue weighted by molar-refractivity contribution is 9.11. The van der Waals surface area contributed by atoms with Gasteiger partial charge >= 0.3 is 6.09 Å². The maximum Gasteiger partial charge on any atom is 0.417 e. The van der Waals surface area contributed by atoms with E-state index in [9.17, 15) is 14.7 Å². The normalized spacial score (nSPS) is 20.4. The fourth-order valence-corrected chi connectivity index (χ4v) is 2.87. The first-order valence-corrected chi connectivity index (χ1v) is 7.85. The van der Waals surface area contributed by atoms with Crippen molar-refractivity contribution >= 4 is 39.5 Å². The molecule has 3 atom stereocenters. The van der Waals surface area contributed by atoms with Crippen molar-refractivity contribution in [2.24, 2.45) is 0 Å². The number of rotatable bonds is 5. The van der Waals surface area contributed by atoms with E-state index in [0.29, 0.717) is 6.42 Å². The van der Waals surface area contributed by atoms with E-state index in [1.54, 1.807) is 0 Å². The predicted octanol–water partition coefficient (Wildman–Crippen LogP) is 2.45. The standard InChI is InChI=1S/C15H15BrClNO4/c1-9(16)13(19)12(17)14(20)18-11(8-22-15(18)21)7-10-5-3-2-4-6-10/h2-6,11-13,19H,1,7-8H2/t11-,12-,13+/m0/s1. The van der Waals surface area contributed by atoms with E-state index in [1.165, 1.54) is 0 Å². The molecule has 22 heavy (non-hydrogen) atoms. The second-order valence-electron chi connectivity index (χ2n) is 4.92. The molecule has 1 heterocycles. The van der Waals surface area contributed by atoms with E-state index in [1.807, 2.05) is 30.3 Å². The highest BCUT2D eigenvalue weighted by Crippen LogP contribution is 2.23. The smallest absolute Gasteiger partial charge is 0.417 e. The topological polar surface area (TPSA) is 66.8 Å². The molecule has 0 radical (unpaired) electrons. The van der Waals surface area contributed by atoms with Crippen molar-refractivity contribution in [1.82, 2.24) is 4.90 Å². The van der Waals surface area contributed by atoms with Gasteiger partial charge < -0.3 is 9.84 Å². The minimum atomic E-state index is -1.31. The van der Waals surface area contributed by atoms with Crippen molar-refractivity contribution in [2.75, 3.05) is 6.61 Å². The number of imide groups is 1. The summed E-state index contributed by atoms with van der Waals surface area (Å²) in [6.45, 7) is 3.59. The number of nitrogens with zero attached hydrogens (tertiary/aromatic N) is 1. The van der Waals surface area contributed by atoms with E-state index in [-0.39, 0.29) is 11.1 Å². The highest BCUT2D eigenvalue weighted by atomic mass is 79.9. The molecule has 1 aromatic rings. The minimum Gasteiger partial charge on any atom is -0.447 e. The average Bonchev–Trinajstić information content (AvgIpc) is 2.86. The summed E-state index contributed by atoms with van der Waals surface area (Å²) in [6, 6.07) is 9.00. The molecule has 0 spiro atoms. The van der Waals surface area contributed by atoms with Gasteiger partial charge in [-0.1, -0.05) is 52.8 Å². The highest BCUT2D eigenvalue weighted by Gasteiger charge is 2.42. The van der Waals surface area contributed by atoms with Crippen molar-refractivity contribution in [3.05, 3.63) is 47.0 Å². The number of alkyl halides is 1. The lowest BCUT2D eigenvalue weighted by atomic mass is 10.1. The Morgan fingerprint density at radius 3 is 2.73 bits per heavy atom. The van der Waals surface area contributed by atoms with Crippen molar-refractivity contribution in [3.63, 3.8) is 0 Å². The van der Waals surface area contributed by atoms with E-state index in [2.05, 4.69) is 22.5 Å². The van der Waals surface area contributed by atoms with Gasteiger partial charge in [-0.05, 0) is 12.0 Å². The summed E-state index contributed by atoms with van der Waals surface area (Å²) < 4.78 is 5.13. The van der Waals surface area contributed by atoms with Crippen molar-refractivity contribution in [1.29, 1.82) is 0 Å². The Morgan fingerprint density at radius 2 is 2.14 bits per heavy atom. The van der Waals surface area contributed by atoms with Gasteiger partial charge in [0.15, 0.2) is 0 Å². The largest absolute Gasteiger partial charge is 0.447 e. The van der Waals surface area contributed by atoms with E-state index < -0.39 is 29.5 Å². The number of carbonyl (C=O) groups is 2. The SMILES string of the molecule is C=C(Br)[C@@H](O)[C@H](Cl)C(=O)N1C(=O)OC[C@@H]1Cc1ccccc1. The summed E-state index contributed by atoms with van der Waals surface area (Å²) in [6.07, 6.45) is -1.57. The molecule has 7 heteroatoms. The van der Waals surface area contributed by atoms with Gasteiger partial charge in [0.05, 0.1) is 6.04 Å². The van der Waals surface area contributed by atoms with Crippen LogP contribution >= 0.6 is 27.5 Å². The molecule has 1 saturated heterocycles. The lowest BCUT2D eigenvalue weighted by molar-refractivity contribution is -0.130. The quantitative estimate of drug-likeness (QED) is 0.787. The van der Waals surface area contributed by atoms with Crippen LogP contribution in [0.2, 0.25) is 0 Å². The fourth-order valence-electron chi connectivity index (χ4n) is 2.19. The third-order valence-corrected chi connectivity index (χ3v) is 4.24. The molecule has 118 valence electrons. The molecule has 0 unspecified atom stereocenters. The lowest BCUT2D eigenvalue weighted by Gasteiger charge is -2.24. The summed E-state index contributed by atoms with van der Waals surface area (Å²) >= 11 is 8.94. The van der Waals surface area contributed by atoms with Crippen LogP contribution in [0.5, 0.6) is 0 Å². The third-order valence-electron chi connectivity index (χ3n) is 3.35. The van der Waals surface area contributed by atoms with Gasteiger partial charge in [0.2, 0.25) is 0 Å². The van der Waals surface area contributed by atoms with Crippen LogP contribution in [0.15, 0.2) is 41.4 Å². The Hall–Kier alpha value is -1.37. The molecule has 1 aliphatic heterocycles. The van der Waals surface area contributed by atoms with Crippen LogP contribution < -0.4 is 0 Å². The molecule has 2 rings (SSSR count). The zero-order chi connectivity index (χ0) is 16.3. The van der Waals surface area contributed by atoms with Gasteiger partial charge in [-0.25, -0.2) is 9.69 Å². The number of halogens is 2. The van der Waals surface area contributed by atoms with Crippen LogP contribution in [0.4, 0.5) is 4.79 Å². The minimum absolute atomic E-state index is 0.106. The Morgan fingerprint density at radius 1 is 1.50 bits per heavy atom. The molecule has 0 saturated carbocycles. The van der Waals surface area contributed by atoms with Crippen LogP contribution in [0, 0.1) is 0 Å². The first-order valence-electron chi connectivity index (χ1n) is 6.62. The van der Waals surface area contributed by atoms with Crippen LogP contribution in [0.1, 0.15) is 5.56 Å². The first-order chi connectivity index (χ1) is 10.4. The van der Waals surface area contributed by atoms with Crippen molar-refractivity contribution in [3.8, 4) is 0 Å². The van der Waals surface area contributed by atoms with Gasteiger partial charge in [0.25, 0.3) is 5.91 Å². The maximum absolute atomic E-state index is 12.4. The van der Waals surface area contributed by atoms with Crippen LogP contribution in [-0.4, -0.2) is 46.1 Å². The van der Waals surface area contributed by atoms with Gasteiger partial charge in [-0.3, -0.25) is 4.79 Å². The fraction of sp³-hybridized carbons (Fsp3) is 0.333. The molecule has 0 aromatic heterocycles. The van der Waals surface area contributed by atoms with Crippen molar-refractivity contribution < 1.29 is 19.4 Å². The molecule has 5 nitrogen and oxygen atoms in total. The van der Waals surface area contributed by atoms with E-state index >= 15 is 0 Å². The summed E-state index contributed by atoms with van der Waals surface area (Å²) in [5, 5.41) is 8.50. The van der Waals surface area contributed by atoms with Gasteiger partial charge in [0, 0.05) is 4.48 Å². The maximum atomic E-state index is 12.4. The number of ether oxygens (including phenoxy) is 1. The Kier molecular flexibility index (Phi) is 5.61. The molecule has 2 amide bonds. The van der Waals surface area contributed by atoms with Crippen molar-refractivity contribution in [2.45, 2.75) is 23.9 Å². The number of carbonyl (C=O) groups excluding carboxylic acids is 2. The summed E-state index contributed by atoms with van der Waals surface area (Å²) in [7, 11) is 0. The van der Waals surface area contributed by atoms with Crippen LogP contribution in [0.25, 0.3) is 0 Å². The number of benzene rings is 1. The summed E-state index contributed by atoms with van der Waals surface area (Å²) in [5.41, 5.74) is 0.972. The lowest BCUT2D eigenvalue weighted by Crippen LogP contribution is -2.47. The Balaban J connectivity index is 2.14. The summed E-state index contributed by atoms with van der Waals surface area (Å²) in [4.78, 5) is 25.2. The first kappa shape index (κ1) is 17.0.